The van der Waals surface area contributed by atoms with E-state index >= 15 is 0 Å². The summed E-state index contributed by atoms with van der Waals surface area (Å²) in [6.45, 7) is 4.04. The highest BCUT2D eigenvalue weighted by Gasteiger charge is 2.27. The summed E-state index contributed by atoms with van der Waals surface area (Å²) in [5, 5.41) is 3.50. The Bertz CT molecular complexity index is 423. The van der Waals surface area contributed by atoms with Crippen molar-refractivity contribution in [1.82, 2.24) is 10.2 Å². The molecule has 0 spiro atoms. The fourth-order valence-electron chi connectivity index (χ4n) is 2.33. The standard InChI is InChI=1S/C13H17ClF2N2.ClH/c1-9-2-3-10(14)12(13(9)16)11(8-15)18-6-4-17-5-7-18;/h2-3,11,17H,4-8H2,1H3;1H/t11-;/m1./s1. The minimum atomic E-state index is -0.625. The van der Waals surface area contributed by atoms with Crippen molar-refractivity contribution >= 4 is 24.0 Å². The van der Waals surface area contributed by atoms with E-state index in [1.165, 1.54) is 0 Å². The maximum Gasteiger partial charge on any atom is 0.132 e. The maximum atomic E-state index is 14.2. The molecule has 1 atom stereocenters. The normalized spacial score (nSPS) is 17.9. The number of nitrogens with one attached hydrogen (secondary N) is 1. The number of nitrogens with zero attached hydrogens (tertiary/aromatic N) is 1. The smallest absolute Gasteiger partial charge is 0.132 e. The summed E-state index contributed by atoms with van der Waals surface area (Å²) in [4.78, 5) is 1.94. The van der Waals surface area contributed by atoms with Gasteiger partial charge in [0.2, 0.25) is 0 Å². The van der Waals surface area contributed by atoms with Crippen molar-refractivity contribution in [3.63, 3.8) is 0 Å². The Hall–Kier alpha value is -0.420. The Morgan fingerprint density at radius 3 is 2.58 bits per heavy atom. The van der Waals surface area contributed by atoms with E-state index in [9.17, 15) is 8.78 Å². The minimum Gasteiger partial charge on any atom is -0.314 e. The average molecular weight is 311 g/mol. The number of aryl methyl sites for hydroxylation is 1. The quantitative estimate of drug-likeness (QED) is 0.923. The van der Waals surface area contributed by atoms with E-state index in [1.54, 1.807) is 19.1 Å². The highest BCUT2D eigenvalue weighted by atomic mass is 35.5. The topological polar surface area (TPSA) is 15.3 Å². The zero-order chi connectivity index (χ0) is 13.1. The van der Waals surface area contributed by atoms with Gasteiger partial charge < -0.3 is 5.32 Å². The second-order valence-corrected chi connectivity index (χ2v) is 4.96. The lowest BCUT2D eigenvalue weighted by Gasteiger charge is -2.34. The molecule has 1 fully saturated rings. The Balaban J connectivity index is 0.00000180. The number of rotatable bonds is 3. The van der Waals surface area contributed by atoms with Crippen LogP contribution in [0.3, 0.4) is 0 Å². The second kappa shape index (κ2) is 7.39. The molecule has 2 nitrogen and oxygen atoms in total. The van der Waals surface area contributed by atoms with Crippen molar-refractivity contribution in [2.75, 3.05) is 32.9 Å². The van der Waals surface area contributed by atoms with Crippen molar-refractivity contribution in [2.24, 2.45) is 0 Å². The molecule has 1 heterocycles. The lowest BCUT2D eigenvalue weighted by Crippen LogP contribution is -2.46. The number of piperazine rings is 1. The largest absolute Gasteiger partial charge is 0.314 e. The Labute approximate surface area is 123 Å². The van der Waals surface area contributed by atoms with Crippen LogP contribution >= 0.6 is 24.0 Å². The first-order valence-corrected chi connectivity index (χ1v) is 6.48. The van der Waals surface area contributed by atoms with Gasteiger partial charge in [0.05, 0.1) is 6.04 Å². The molecule has 6 heteroatoms. The van der Waals surface area contributed by atoms with Gasteiger partial charge in [-0.3, -0.25) is 4.90 Å². The van der Waals surface area contributed by atoms with Gasteiger partial charge in [0.15, 0.2) is 0 Å². The van der Waals surface area contributed by atoms with Crippen molar-refractivity contribution in [2.45, 2.75) is 13.0 Å². The summed E-state index contributed by atoms with van der Waals surface area (Å²) in [6.07, 6.45) is 0. The van der Waals surface area contributed by atoms with E-state index in [-0.39, 0.29) is 18.2 Å². The van der Waals surface area contributed by atoms with Crippen LogP contribution < -0.4 is 5.32 Å². The molecule has 0 aliphatic carbocycles. The van der Waals surface area contributed by atoms with Crippen LogP contribution in [0.5, 0.6) is 0 Å². The Morgan fingerprint density at radius 1 is 1.37 bits per heavy atom. The van der Waals surface area contributed by atoms with Gasteiger partial charge in [-0.1, -0.05) is 17.7 Å². The molecule has 0 aromatic heterocycles. The zero-order valence-electron chi connectivity index (χ0n) is 10.8. The highest BCUT2D eigenvalue weighted by Crippen LogP contribution is 2.32. The van der Waals surface area contributed by atoms with E-state index in [0.29, 0.717) is 29.2 Å². The molecule has 19 heavy (non-hydrogen) atoms. The monoisotopic (exact) mass is 310 g/mol. The molecule has 1 saturated heterocycles. The summed E-state index contributed by atoms with van der Waals surface area (Å²) in [5.74, 6) is -0.385. The van der Waals surface area contributed by atoms with Crippen LogP contribution in [0.25, 0.3) is 0 Å². The molecular weight excluding hydrogens is 293 g/mol. The summed E-state index contributed by atoms with van der Waals surface area (Å²) >= 11 is 6.05. The van der Waals surface area contributed by atoms with Crippen LogP contribution in [0.1, 0.15) is 17.2 Å². The lowest BCUT2D eigenvalue weighted by molar-refractivity contribution is 0.144. The van der Waals surface area contributed by atoms with Crippen molar-refractivity contribution in [1.29, 1.82) is 0 Å². The number of hydrogen-bond acceptors (Lipinski definition) is 2. The second-order valence-electron chi connectivity index (χ2n) is 4.55. The van der Waals surface area contributed by atoms with E-state index in [4.69, 9.17) is 11.6 Å². The van der Waals surface area contributed by atoms with Gasteiger partial charge in [0, 0.05) is 36.8 Å². The van der Waals surface area contributed by atoms with Crippen molar-refractivity contribution < 1.29 is 8.78 Å². The first-order chi connectivity index (χ1) is 8.65. The van der Waals surface area contributed by atoms with Crippen LogP contribution in [0.2, 0.25) is 5.02 Å². The molecule has 0 saturated carbocycles. The molecule has 0 bridgehead atoms. The number of alkyl halides is 1. The third kappa shape index (κ3) is 3.57. The van der Waals surface area contributed by atoms with Crippen molar-refractivity contribution in [3.05, 3.63) is 34.1 Å². The van der Waals surface area contributed by atoms with E-state index in [1.807, 2.05) is 4.90 Å². The van der Waals surface area contributed by atoms with Gasteiger partial charge in [-0.05, 0) is 18.6 Å². The summed E-state index contributed by atoms with van der Waals surface area (Å²) in [5.41, 5.74) is 0.795. The molecule has 0 radical (unpaired) electrons. The molecule has 1 aromatic rings. The molecule has 0 amide bonds. The molecule has 2 rings (SSSR count). The predicted octanol–water partition coefficient (Wildman–Crippen LogP) is 3.13. The Morgan fingerprint density at radius 2 is 2.00 bits per heavy atom. The van der Waals surface area contributed by atoms with Crippen LogP contribution in [0, 0.1) is 12.7 Å². The number of halogens is 4. The summed E-state index contributed by atoms with van der Waals surface area (Å²) in [6, 6.07) is 2.67. The first kappa shape index (κ1) is 16.6. The zero-order valence-corrected chi connectivity index (χ0v) is 12.3. The number of benzene rings is 1. The predicted molar refractivity (Wildman–Crippen MR) is 76.6 cm³/mol. The maximum absolute atomic E-state index is 14.2. The summed E-state index contributed by atoms with van der Waals surface area (Å²) < 4.78 is 27.5. The summed E-state index contributed by atoms with van der Waals surface area (Å²) in [7, 11) is 0. The van der Waals surface area contributed by atoms with E-state index < -0.39 is 12.7 Å². The van der Waals surface area contributed by atoms with Gasteiger partial charge in [-0.25, -0.2) is 8.78 Å². The van der Waals surface area contributed by atoms with Crippen molar-refractivity contribution in [3.8, 4) is 0 Å². The molecule has 0 unspecified atom stereocenters. The van der Waals surface area contributed by atoms with Crippen LogP contribution in [-0.2, 0) is 0 Å². The van der Waals surface area contributed by atoms with Gasteiger partial charge in [-0.15, -0.1) is 12.4 Å². The fourth-order valence-corrected chi connectivity index (χ4v) is 2.61. The molecule has 1 aromatic carbocycles. The van der Waals surface area contributed by atoms with E-state index in [2.05, 4.69) is 5.32 Å². The molecular formula is C13H18Cl2F2N2. The first-order valence-electron chi connectivity index (χ1n) is 6.10. The van der Waals surface area contributed by atoms with E-state index in [0.717, 1.165) is 13.1 Å². The van der Waals surface area contributed by atoms with Gasteiger partial charge in [0.1, 0.15) is 12.5 Å². The van der Waals surface area contributed by atoms with Crippen LogP contribution in [0.15, 0.2) is 12.1 Å². The van der Waals surface area contributed by atoms with Gasteiger partial charge in [0.25, 0.3) is 0 Å². The average Bonchev–Trinajstić information content (AvgIpc) is 2.40. The minimum absolute atomic E-state index is 0. The van der Waals surface area contributed by atoms with Gasteiger partial charge in [-0.2, -0.15) is 0 Å². The third-order valence-corrected chi connectivity index (χ3v) is 3.72. The van der Waals surface area contributed by atoms with Crippen LogP contribution in [-0.4, -0.2) is 37.8 Å². The van der Waals surface area contributed by atoms with Crippen LogP contribution in [0.4, 0.5) is 8.78 Å². The van der Waals surface area contributed by atoms with Gasteiger partial charge >= 0.3 is 0 Å². The highest BCUT2D eigenvalue weighted by molar-refractivity contribution is 6.31. The lowest BCUT2D eigenvalue weighted by atomic mass is 10.0. The number of hydrogen-bond donors (Lipinski definition) is 1. The molecule has 1 aliphatic heterocycles. The molecule has 1 N–H and O–H groups in total. The molecule has 1 aliphatic rings. The SMILES string of the molecule is Cc1ccc(Cl)c([C@@H](CF)N2CCNCC2)c1F.Cl. The Kier molecular flexibility index (Phi) is 6.47. The fraction of sp³-hybridized carbons (Fsp3) is 0.538. The third-order valence-electron chi connectivity index (χ3n) is 3.39. The molecule has 108 valence electrons.